The van der Waals surface area contributed by atoms with E-state index in [0.717, 1.165) is 11.1 Å². The number of amidine groups is 1. The maximum absolute atomic E-state index is 14.3. The number of aryl methyl sites for hydroxylation is 1. The van der Waals surface area contributed by atoms with E-state index >= 15 is 0 Å². The van der Waals surface area contributed by atoms with E-state index < -0.39 is 22.4 Å². The number of halogens is 1. The molecule has 1 unspecified atom stereocenters. The van der Waals surface area contributed by atoms with Crippen LogP contribution in [0.2, 0.25) is 0 Å². The summed E-state index contributed by atoms with van der Waals surface area (Å²) in [6.07, 6.45) is 2.75. The lowest BCUT2D eigenvalue weighted by Crippen LogP contribution is -2.41. The van der Waals surface area contributed by atoms with Gasteiger partial charge in [0.05, 0.1) is 17.7 Å². The second kappa shape index (κ2) is 8.96. The summed E-state index contributed by atoms with van der Waals surface area (Å²) in [6, 6.07) is 24.5. The smallest absolute Gasteiger partial charge is 0.265 e. The lowest BCUT2D eigenvalue weighted by molar-refractivity contribution is -0.000599. The Labute approximate surface area is 187 Å². The number of ether oxygens (including phenoxy) is 1. The normalized spacial score (nSPS) is 18.0. The van der Waals surface area contributed by atoms with Gasteiger partial charge in [0.25, 0.3) is 15.7 Å². The maximum atomic E-state index is 14.3. The molecule has 0 saturated carbocycles. The van der Waals surface area contributed by atoms with Gasteiger partial charge in [-0.25, -0.2) is 22.1 Å². The molecule has 0 N–H and O–H groups in total. The third kappa shape index (κ3) is 4.29. The molecule has 4 rings (SSSR count). The first kappa shape index (κ1) is 21.8. The average Bonchev–Trinajstić information content (AvgIpc) is 2.84. The van der Waals surface area contributed by atoms with Crippen molar-refractivity contribution in [3.63, 3.8) is 0 Å². The number of hydrogen-bond donors (Lipinski definition) is 0. The predicted molar refractivity (Wildman–Crippen MR) is 122 cm³/mol. The highest BCUT2D eigenvalue weighted by Gasteiger charge is 2.38. The average molecular weight is 451 g/mol. The topological polar surface area (TPSA) is 59.0 Å². The lowest BCUT2D eigenvalue weighted by Gasteiger charge is -2.33. The minimum absolute atomic E-state index is 0.0391. The van der Waals surface area contributed by atoms with E-state index in [1.165, 1.54) is 16.6 Å². The molecule has 1 atom stereocenters. The number of rotatable bonds is 6. The third-order valence-electron chi connectivity index (χ3n) is 5.21. The number of sulfonamides is 1. The fraction of sp³-hybridized carbons (Fsp3) is 0.160. The van der Waals surface area contributed by atoms with Crippen molar-refractivity contribution in [2.75, 3.05) is 6.67 Å². The number of aliphatic imine (C=N–C) groups is 1. The monoisotopic (exact) mass is 450 g/mol. The van der Waals surface area contributed by atoms with Crippen LogP contribution >= 0.6 is 0 Å². The molecule has 0 aromatic heterocycles. The van der Waals surface area contributed by atoms with Gasteiger partial charge in [-0.15, -0.1) is 0 Å². The van der Waals surface area contributed by atoms with Crippen molar-refractivity contribution < 1.29 is 17.5 Å². The van der Waals surface area contributed by atoms with E-state index in [1.54, 1.807) is 48.5 Å². The molecule has 1 aliphatic heterocycles. The minimum Gasteiger partial charge on any atom is -0.466 e. The van der Waals surface area contributed by atoms with Crippen LogP contribution in [0.5, 0.6) is 0 Å². The van der Waals surface area contributed by atoms with Gasteiger partial charge in [-0.3, -0.25) is 0 Å². The van der Waals surface area contributed by atoms with E-state index in [2.05, 4.69) is 4.99 Å². The summed E-state index contributed by atoms with van der Waals surface area (Å²) >= 11 is 0. The Balaban J connectivity index is 1.83. The van der Waals surface area contributed by atoms with Gasteiger partial charge in [-0.05, 0) is 24.6 Å². The van der Waals surface area contributed by atoms with Crippen molar-refractivity contribution in [1.82, 2.24) is 4.31 Å². The van der Waals surface area contributed by atoms with Gasteiger partial charge in [0.15, 0.2) is 6.67 Å². The number of alkyl halides is 1. The van der Waals surface area contributed by atoms with Crippen molar-refractivity contribution in [2.24, 2.45) is 4.99 Å². The Morgan fingerprint density at radius 2 is 1.56 bits per heavy atom. The Hall–Kier alpha value is -3.45. The molecule has 7 heteroatoms. The predicted octanol–water partition coefficient (Wildman–Crippen LogP) is 4.95. The zero-order valence-electron chi connectivity index (χ0n) is 17.6. The highest BCUT2D eigenvalue weighted by atomic mass is 32.2. The molecule has 0 fully saturated rings. The van der Waals surface area contributed by atoms with Crippen LogP contribution in [0.4, 0.5) is 4.39 Å². The van der Waals surface area contributed by atoms with Crippen molar-refractivity contribution in [1.29, 1.82) is 0 Å². The largest absolute Gasteiger partial charge is 0.466 e. The van der Waals surface area contributed by atoms with Crippen LogP contribution in [0.1, 0.15) is 16.7 Å². The van der Waals surface area contributed by atoms with Gasteiger partial charge in [0.2, 0.25) is 0 Å². The van der Waals surface area contributed by atoms with E-state index in [4.69, 9.17) is 4.74 Å². The maximum Gasteiger partial charge on any atom is 0.265 e. The highest BCUT2D eigenvalue weighted by Crippen LogP contribution is 2.33. The Kier molecular flexibility index (Phi) is 6.10. The number of hydrogen-bond acceptors (Lipinski definition) is 4. The molecular weight excluding hydrogens is 427 g/mol. The molecule has 0 radical (unpaired) electrons. The van der Waals surface area contributed by atoms with Crippen LogP contribution in [-0.2, 0) is 27.0 Å². The van der Waals surface area contributed by atoms with E-state index in [0.29, 0.717) is 5.56 Å². The van der Waals surface area contributed by atoms with Gasteiger partial charge < -0.3 is 4.74 Å². The van der Waals surface area contributed by atoms with Gasteiger partial charge >= 0.3 is 0 Å². The molecule has 0 bridgehead atoms. The Bertz CT molecular complexity index is 1230. The van der Waals surface area contributed by atoms with Crippen molar-refractivity contribution in [2.45, 2.75) is 24.1 Å². The molecule has 1 aliphatic rings. The number of nitrogens with zero attached hydrogens (tertiary/aromatic N) is 2. The van der Waals surface area contributed by atoms with Crippen LogP contribution in [0.3, 0.4) is 0 Å². The molecule has 3 aromatic rings. The minimum atomic E-state index is -3.98. The molecule has 1 heterocycles. The van der Waals surface area contributed by atoms with E-state index in [9.17, 15) is 12.8 Å². The molecule has 164 valence electrons. The molecule has 0 saturated heterocycles. The summed E-state index contributed by atoms with van der Waals surface area (Å²) in [7, 11) is -3.98. The zero-order chi connectivity index (χ0) is 22.6. The summed E-state index contributed by atoms with van der Waals surface area (Å²) in [5.74, 6) is 0.0992. The fourth-order valence-electron chi connectivity index (χ4n) is 3.44. The van der Waals surface area contributed by atoms with Crippen LogP contribution in [0.15, 0.2) is 107 Å². The molecule has 0 spiro atoms. The Morgan fingerprint density at radius 1 is 0.938 bits per heavy atom. The molecule has 0 aliphatic carbocycles. The molecule has 32 heavy (non-hydrogen) atoms. The molecular formula is C25H23FN2O3S. The van der Waals surface area contributed by atoms with Crippen LogP contribution in [0, 0.1) is 6.92 Å². The van der Waals surface area contributed by atoms with Gasteiger partial charge in [-0.2, -0.15) is 0 Å². The summed E-state index contributed by atoms with van der Waals surface area (Å²) < 4.78 is 48.4. The van der Waals surface area contributed by atoms with Gasteiger partial charge in [0, 0.05) is 11.6 Å². The standard InChI is InChI=1S/C25H23FN2O3S/c1-20-12-14-23(15-13-20)32(29,30)28(18-21-8-4-2-5-9-21)24-16-17-31-25(19-26,27-24)22-10-6-3-7-11-22/h2-17H,18-19H2,1H3. The Morgan fingerprint density at radius 3 is 2.19 bits per heavy atom. The molecule has 5 nitrogen and oxygen atoms in total. The zero-order valence-corrected chi connectivity index (χ0v) is 18.4. The van der Waals surface area contributed by atoms with E-state index in [1.807, 2.05) is 43.3 Å². The van der Waals surface area contributed by atoms with Crippen molar-refractivity contribution >= 4 is 15.9 Å². The lowest BCUT2D eigenvalue weighted by atomic mass is 10.0. The molecule has 3 aromatic carbocycles. The molecule has 0 amide bonds. The summed E-state index contributed by atoms with van der Waals surface area (Å²) in [5.41, 5.74) is 0.568. The summed E-state index contributed by atoms with van der Waals surface area (Å²) in [6.45, 7) is 0.977. The summed E-state index contributed by atoms with van der Waals surface area (Å²) in [5, 5.41) is 0. The summed E-state index contributed by atoms with van der Waals surface area (Å²) in [4.78, 5) is 4.62. The van der Waals surface area contributed by atoms with Crippen molar-refractivity contribution in [3.05, 3.63) is 114 Å². The van der Waals surface area contributed by atoms with Crippen molar-refractivity contribution in [3.8, 4) is 0 Å². The second-order valence-electron chi connectivity index (χ2n) is 7.48. The van der Waals surface area contributed by atoms with Crippen LogP contribution < -0.4 is 0 Å². The quantitative estimate of drug-likeness (QED) is 0.534. The highest BCUT2D eigenvalue weighted by molar-refractivity contribution is 7.89. The van der Waals surface area contributed by atoms with Gasteiger partial charge in [-0.1, -0.05) is 78.4 Å². The van der Waals surface area contributed by atoms with Crippen LogP contribution in [-0.4, -0.2) is 25.2 Å². The first-order chi connectivity index (χ1) is 15.4. The fourth-order valence-corrected chi connectivity index (χ4v) is 4.84. The second-order valence-corrected chi connectivity index (χ2v) is 9.35. The SMILES string of the molecule is Cc1ccc(S(=O)(=O)N(Cc2ccccc2)C2=NC(CF)(c3ccccc3)OC=C2)cc1. The number of benzene rings is 3. The first-order valence-corrected chi connectivity index (χ1v) is 11.6. The first-order valence-electron chi connectivity index (χ1n) is 10.1. The van der Waals surface area contributed by atoms with E-state index in [-0.39, 0.29) is 17.3 Å². The third-order valence-corrected chi connectivity index (χ3v) is 6.98. The van der Waals surface area contributed by atoms with Gasteiger partial charge in [0.1, 0.15) is 5.84 Å². The van der Waals surface area contributed by atoms with Crippen LogP contribution in [0.25, 0.3) is 0 Å².